The van der Waals surface area contributed by atoms with Gasteiger partial charge in [-0.25, -0.2) is 4.98 Å². The molecular weight excluding hydrogens is 280 g/mol. The first-order valence-corrected chi connectivity index (χ1v) is 7.89. The van der Waals surface area contributed by atoms with E-state index in [0.29, 0.717) is 43.2 Å². The molecule has 1 saturated carbocycles. The molecule has 1 aliphatic heterocycles. The molecule has 116 valence electrons. The third-order valence-corrected chi connectivity index (χ3v) is 4.80. The molecule has 2 aliphatic rings. The van der Waals surface area contributed by atoms with Gasteiger partial charge in [-0.15, -0.1) is 0 Å². The predicted octanol–water partition coefficient (Wildman–Crippen LogP) is 2.52. The highest BCUT2D eigenvalue weighted by Gasteiger charge is 2.38. The van der Waals surface area contributed by atoms with Crippen LogP contribution in [0.3, 0.4) is 0 Å². The van der Waals surface area contributed by atoms with Crippen molar-refractivity contribution in [2.45, 2.75) is 44.1 Å². The van der Waals surface area contributed by atoms with Gasteiger partial charge in [-0.05, 0) is 48.9 Å². The molecule has 1 aromatic heterocycles. The van der Waals surface area contributed by atoms with Crippen LogP contribution < -0.4 is 0 Å². The van der Waals surface area contributed by atoms with Crippen molar-refractivity contribution in [2.75, 3.05) is 13.2 Å². The molecule has 2 fully saturated rings. The number of aliphatic hydroxyl groups is 1. The topological polar surface area (TPSA) is 75.5 Å². The van der Waals surface area contributed by atoms with Gasteiger partial charge < -0.3 is 14.9 Å². The van der Waals surface area contributed by atoms with Crippen LogP contribution in [-0.2, 0) is 10.3 Å². The third-order valence-electron chi connectivity index (χ3n) is 4.80. The van der Waals surface area contributed by atoms with Crippen LogP contribution in [0.4, 0.5) is 0 Å². The number of aryl methyl sites for hydroxylation is 1. The number of nitrogens with zero attached hydrogens (tertiary/aromatic N) is 2. The molecule has 1 saturated heterocycles. The zero-order valence-corrected chi connectivity index (χ0v) is 12.7. The number of benzene rings is 1. The molecule has 0 radical (unpaired) electrons. The summed E-state index contributed by atoms with van der Waals surface area (Å²) < 4.78 is 5.40. The lowest BCUT2D eigenvalue weighted by Crippen LogP contribution is -2.34. The molecule has 0 spiro atoms. The molecule has 4 rings (SSSR count). The zero-order valence-electron chi connectivity index (χ0n) is 12.7. The van der Waals surface area contributed by atoms with Crippen molar-refractivity contribution in [2.24, 2.45) is 0 Å². The van der Waals surface area contributed by atoms with Gasteiger partial charge in [0.2, 0.25) is 5.88 Å². The van der Waals surface area contributed by atoms with Gasteiger partial charge in [-0.1, -0.05) is 0 Å². The summed E-state index contributed by atoms with van der Waals surface area (Å²) in [6.45, 7) is 2.90. The van der Waals surface area contributed by atoms with Crippen molar-refractivity contribution in [1.82, 2.24) is 9.97 Å². The quantitative estimate of drug-likeness (QED) is 0.891. The monoisotopic (exact) mass is 300 g/mol. The fraction of sp³-hybridized carbons (Fsp3) is 0.529. The van der Waals surface area contributed by atoms with E-state index in [0.717, 1.165) is 23.9 Å². The first kappa shape index (κ1) is 13.9. The first-order chi connectivity index (χ1) is 10.6. The molecular formula is C17H20N2O3. The van der Waals surface area contributed by atoms with E-state index in [9.17, 15) is 10.2 Å². The van der Waals surface area contributed by atoms with Crippen LogP contribution in [0.25, 0.3) is 10.9 Å². The maximum Gasteiger partial charge on any atom is 0.222 e. The highest BCUT2D eigenvalue weighted by atomic mass is 16.5. The fourth-order valence-corrected chi connectivity index (χ4v) is 3.40. The molecule has 0 unspecified atom stereocenters. The molecule has 2 N–H and O–H groups in total. The summed E-state index contributed by atoms with van der Waals surface area (Å²) in [7, 11) is 0. The molecule has 22 heavy (non-hydrogen) atoms. The minimum atomic E-state index is -0.873. The van der Waals surface area contributed by atoms with Gasteiger partial charge in [-0.2, -0.15) is 4.98 Å². The standard InChI is InChI=1S/C17H20N2O3/c1-10-18-15-9-12(11-2-3-11)14(8-13(15)16(20)19-10)17(21)4-6-22-7-5-17/h8-9,11,21H,2-7H2,1H3,(H,18,19,20). The van der Waals surface area contributed by atoms with E-state index in [1.54, 1.807) is 6.92 Å². The van der Waals surface area contributed by atoms with E-state index >= 15 is 0 Å². The summed E-state index contributed by atoms with van der Waals surface area (Å²) in [5.41, 5.74) is 1.98. The van der Waals surface area contributed by atoms with Crippen LogP contribution in [0.15, 0.2) is 12.1 Å². The summed E-state index contributed by atoms with van der Waals surface area (Å²) in [5, 5.41) is 21.9. The van der Waals surface area contributed by atoms with Crippen molar-refractivity contribution >= 4 is 10.9 Å². The average Bonchev–Trinajstić information content (AvgIpc) is 3.31. The number of rotatable bonds is 2. The van der Waals surface area contributed by atoms with Crippen molar-refractivity contribution in [3.8, 4) is 5.88 Å². The van der Waals surface area contributed by atoms with E-state index in [-0.39, 0.29) is 5.88 Å². The van der Waals surface area contributed by atoms with Crippen LogP contribution in [0.1, 0.15) is 48.6 Å². The molecule has 5 heteroatoms. The number of ether oxygens (including phenoxy) is 1. The first-order valence-electron chi connectivity index (χ1n) is 7.89. The maximum atomic E-state index is 11.1. The Hall–Kier alpha value is -1.72. The Kier molecular flexibility index (Phi) is 3.09. The number of aromatic hydroxyl groups is 1. The zero-order chi connectivity index (χ0) is 15.3. The maximum absolute atomic E-state index is 11.1. The highest BCUT2D eigenvalue weighted by Crippen LogP contribution is 2.47. The Labute approximate surface area is 129 Å². The Bertz CT molecular complexity index is 734. The number of hydrogen-bond acceptors (Lipinski definition) is 5. The van der Waals surface area contributed by atoms with Gasteiger partial charge in [0.15, 0.2) is 0 Å². The summed E-state index contributed by atoms with van der Waals surface area (Å²) >= 11 is 0. The van der Waals surface area contributed by atoms with E-state index in [2.05, 4.69) is 9.97 Å². The lowest BCUT2D eigenvalue weighted by molar-refractivity contribution is -0.0683. The summed E-state index contributed by atoms with van der Waals surface area (Å²) in [4.78, 5) is 8.48. The molecule has 2 heterocycles. The number of aromatic nitrogens is 2. The molecule has 0 atom stereocenters. The third kappa shape index (κ3) is 2.25. The second kappa shape index (κ2) is 4.89. The van der Waals surface area contributed by atoms with Crippen LogP contribution in [-0.4, -0.2) is 33.4 Å². The molecule has 0 amide bonds. The molecule has 5 nitrogen and oxygen atoms in total. The lowest BCUT2D eigenvalue weighted by atomic mass is 9.81. The summed E-state index contributed by atoms with van der Waals surface area (Å²) in [5.74, 6) is 1.05. The van der Waals surface area contributed by atoms with E-state index < -0.39 is 5.60 Å². The molecule has 1 aliphatic carbocycles. The van der Waals surface area contributed by atoms with Gasteiger partial charge in [0.1, 0.15) is 5.82 Å². The van der Waals surface area contributed by atoms with Crippen LogP contribution in [0.5, 0.6) is 5.88 Å². The SMILES string of the molecule is Cc1nc(O)c2cc(C3(O)CCOCC3)c(C3CC3)cc2n1. The van der Waals surface area contributed by atoms with Gasteiger partial charge in [0.25, 0.3) is 0 Å². The predicted molar refractivity (Wildman–Crippen MR) is 81.9 cm³/mol. The summed E-state index contributed by atoms with van der Waals surface area (Å²) in [6, 6.07) is 3.92. The number of hydrogen-bond donors (Lipinski definition) is 2. The van der Waals surface area contributed by atoms with Crippen molar-refractivity contribution in [1.29, 1.82) is 0 Å². The fourth-order valence-electron chi connectivity index (χ4n) is 3.40. The molecule has 2 aromatic rings. The average molecular weight is 300 g/mol. The summed E-state index contributed by atoms with van der Waals surface area (Å²) in [6.07, 6.45) is 3.49. The minimum absolute atomic E-state index is 0.0123. The molecule has 0 bridgehead atoms. The van der Waals surface area contributed by atoms with Crippen LogP contribution in [0, 0.1) is 6.92 Å². The van der Waals surface area contributed by atoms with Crippen molar-refractivity contribution in [3.05, 3.63) is 29.1 Å². The van der Waals surface area contributed by atoms with Gasteiger partial charge in [0, 0.05) is 26.1 Å². The van der Waals surface area contributed by atoms with E-state index in [4.69, 9.17) is 4.74 Å². The van der Waals surface area contributed by atoms with E-state index in [1.165, 1.54) is 5.56 Å². The smallest absolute Gasteiger partial charge is 0.222 e. The Morgan fingerprint density at radius 3 is 2.59 bits per heavy atom. The second-order valence-corrected chi connectivity index (χ2v) is 6.47. The molecule has 1 aromatic carbocycles. The second-order valence-electron chi connectivity index (χ2n) is 6.47. The van der Waals surface area contributed by atoms with Crippen molar-refractivity contribution in [3.63, 3.8) is 0 Å². The van der Waals surface area contributed by atoms with Gasteiger partial charge in [0.05, 0.1) is 16.5 Å². The van der Waals surface area contributed by atoms with Gasteiger partial charge in [-0.3, -0.25) is 0 Å². The Morgan fingerprint density at radius 1 is 1.18 bits per heavy atom. The Morgan fingerprint density at radius 2 is 1.91 bits per heavy atom. The normalized spacial score (nSPS) is 21.2. The number of fused-ring (bicyclic) bond motifs is 1. The largest absolute Gasteiger partial charge is 0.493 e. The van der Waals surface area contributed by atoms with Gasteiger partial charge >= 0.3 is 0 Å². The Balaban J connectivity index is 1.93. The van der Waals surface area contributed by atoms with Crippen LogP contribution in [0.2, 0.25) is 0 Å². The van der Waals surface area contributed by atoms with Crippen molar-refractivity contribution < 1.29 is 14.9 Å². The lowest BCUT2D eigenvalue weighted by Gasteiger charge is -2.34. The highest BCUT2D eigenvalue weighted by molar-refractivity contribution is 5.85. The van der Waals surface area contributed by atoms with E-state index in [1.807, 2.05) is 12.1 Å². The minimum Gasteiger partial charge on any atom is -0.493 e. The van der Waals surface area contributed by atoms with Crippen LogP contribution >= 0.6 is 0 Å².